The number of nitrogens with zero attached hydrogens (tertiary/aromatic N) is 1. The van der Waals surface area contributed by atoms with E-state index in [1.54, 1.807) is 4.90 Å². The molecule has 0 spiro atoms. The van der Waals surface area contributed by atoms with Gasteiger partial charge in [0.15, 0.2) is 0 Å². The highest BCUT2D eigenvalue weighted by Crippen LogP contribution is 2.17. The molecule has 0 unspecified atom stereocenters. The van der Waals surface area contributed by atoms with Gasteiger partial charge in [0.2, 0.25) is 0 Å². The highest BCUT2D eigenvalue weighted by atomic mass is 19.1. The number of nitrogens with one attached hydrogen (secondary N) is 2. The van der Waals surface area contributed by atoms with Crippen LogP contribution >= 0.6 is 0 Å². The largest absolute Gasteiger partial charge is 0.378 e. The summed E-state index contributed by atoms with van der Waals surface area (Å²) < 4.78 is 18.6. The van der Waals surface area contributed by atoms with Crippen LogP contribution in [0.5, 0.6) is 0 Å². The monoisotopic (exact) mass is 231 g/mol. The highest BCUT2D eigenvalue weighted by Gasteiger charge is 2.34. The number of rotatable bonds is 2. The third-order valence-corrected chi connectivity index (χ3v) is 3.17. The van der Waals surface area contributed by atoms with Crippen molar-refractivity contribution in [2.24, 2.45) is 0 Å². The molecule has 92 valence electrons. The standard InChI is InChI=1S/C10H18FN3O2/c1-16-8-2-5-14(6-7(8)11)10(15)9-12-3-4-13-9/h7-9,12-13H,2-6H2,1H3/t7-,8+/m1/s1. The summed E-state index contributed by atoms with van der Waals surface area (Å²) >= 11 is 0. The number of hydrogen-bond donors (Lipinski definition) is 2. The Hall–Kier alpha value is -0.720. The second kappa shape index (κ2) is 5.07. The van der Waals surface area contributed by atoms with E-state index in [2.05, 4.69) is 10.6 Å². The fourth-order valence-electron chi connectivity index (χ4n) is 2.21. The molecule has 1 amide bonds. The number of piperidine rings is 1. The number of likely N-dealkylation sites (tertiary alicyclic amines) is 1. The number of carbonyl (C=O) groups excluding carboxylic acids is 1. The molecular weight excluding hydrogens is 213 g/mol. The van der Waals surface area contributed by atoms with Crippen molar-refractivity contribution in [1.29, 1.82) is 0 Å². The molecule has 2 heterocycles. The predicted molar refractivity (Wildman–Crippen MR) is 56.7 cm³/mol. The number of methoxy groups -OCH3 is 1. The Kier molecular flexibility index (Phi) is 3.73. The van der Waals surface area contributed by atoms with E-state index < -0.39 is 6.17 Å². The zero-order chi connectivity index (χ0) is 11.5. The van der Waals surface area contributed by atoms with E-state index in [-0.39, 0.29) is 24.7 Å². The van der Waals surface area contributed by atoms with E-state index >= 15 is 0 Å². The van der Waals surface area contributed by atoms with Crippen LogP contribution in [-0.4, -0.2) is 62.5 Å². The van der Waals surface area contributed by atoms with Gasteiger partial charge in [-0.2, -0.15) is 0 Å². The zero-order valence-corrected chi connectivity index (χ0v) is 9.41. The topological polar surface area (TPSA) is 53.6 Å². The third kappa shape index (κ3) is 2.34. The molecule has 0 aromatic rings. The Morgan fingerprint density at radius 3 is 2.69 bits per heavy atom. The van der Waals surface area contributed by atoms with Crippen molar-refractivity contribution in [3.63, 3.8) is 0 Å². The molecule has 2 N–H and O–H groups in total. The minimum atomic E-state index is -1.08. The van der Waals surface area contributed by atoms with Crippen LogP contribution in [0.25, 0.3) is 0 Å². The first-order valence-corrected chi connectivity index (χ1v) is 5.65. The molecule has 0 saturated carbocycles. The maximum atomic E-state index is 13.6. The van der Waals surface area contributed by atoms with Crippen molar-refractivity contribution < 1.29 is 13.9 Å². The van der Waals surface area contributed by atoms with Gasteiger partial charge in [-0.3, -0.25) is 15.4 Å². The van der Waals surface area contributed by atoms with Crippen molar-refractivity contribution in [2.45, 2.75) is 24.9 Å². The molecule has 0 radical (unpaired) electrons. The summed E-state index contributed by atoms with van der Waals surface area (Å²) in [5.41, 5.74) is 0. The van der Waals surface area contributed by atoms with Gasteiger partial charge < -0.3 is 9.64 Å². The lowest BCUT2D eigenvalue weighted by Gasteiger charge is -2.35. The average Bonchev–Trinajstić information content (AvgIpc) is 2.81. The van der Waals surface area contributed by atoms with Gasteiger partial charge in [-0.1, -0.05) is 0 Å². The molecule has 2 rings (SSSR count). The first-order chi connectivity index (χ1) is 7.72. The number of ether oxygens (including phenoxy) is 1. The van der Waals surface area contributed by atoms with Crippen LogP contribution < -0.4 is 10.6 Å². The van der Waals surface area contributed by atoms with Gasteiger partial charge in [0.25, 0.3) is 5.91 Å². The maximum absolute atomic E-state index is 13.6. The Morgan fingerprint density at radius 2 is 2.12 bits per heavy atom. The van der Waals surface area contributed by atoms with Crippen LogP contribution in [0.3, 0.4) is 0 Å². The summed E-state index contributed by atoms with van der Waals surface area (Å²) in [5, 5.41) is 6.08. The maximum Gasteiger partial charge on any atom is 0.254 e. The normalized spacial score (nSPS) is 32.0. The van der Waals surface area contributed by atoms with Crippen LogP contribution in [0, 0.1) is 0 Å². The first-order valence-electron chi connectivity index (χ1n) is 5.65. The second-order valence-corrected chi connectivity index (χ2v) is 4.20. The van der Waals surface area contributed by atoms with Crippen LogP contribution in [0.2, 0.25) is 0 Å². The number of halogens is 1. The molecule has 2 aliphatic rings. The van der Waals surface area contributed by atoms with Crippen molar-refractivity contribution in [2.75, 3.05) is 33.3 Å². The molecule has 0 bridgehead atoms. The molecule has 6 heteroatoms. The molecule has 2 atom stereocenters. The molecule has 2 aliphatic heterocycles. The summed E-state index contributed by atoms with van der Waals surface area (Å²) in [6, 6.07) is 0. The van der Waals surface area contributed by atoms with E-state index in [4.69, 9.17) is 4.74 Å². The van der Waals surface area contributed by atoms with Crippen LogP contribution in [0.4, 0.5) is 4.39 Å². The van der Waals surface area contributed by atoms with Gasteiger partial charge in [-0.05, 0) is 6.42 Å². The SMILES string of the molecule is CO[C@H]1CCN(C(=O)C2NCCN2)C[C@H]1F. The van der Waals surface area contributed by atoms with Crippen LogP contribution in [0.15, 0.2) is 0 Å². The van der Waals surface area contributed by atoms with Crippen molar-refractivity contribution in [3.8, 4) is 0 Å². The third-order valence-electron chi connectivity index (χ3n) is 3.17. The fourth-order valence-corrected chi connectivity index (χ4v) is 2.21. The molecule has 5 nitrogen and oxygen atoms in total. The predicted octanol–water partition coefficient (Wildman–Crippen LogP) is -0.909. The lowest BCUT2D eigenvalue weighted by Crippen LogP contribution is -2.55. The molecule has 0 aliphatic carbocycles. The average molecular weight is 231 g/mol. The second-order valence-electron chi connectivity index (χ2n) is 4.20. The van der Waals surface area contributed by atoms with Gasteiger partial charge in [0.1, 0.15) is 12.3 Å². The molecule has 2 fully saturated rings. The number of hydrogen-bond acceptors (Lipinski definition) is 4. The summed E-state index contributed by atoms with van der Waals surface area (Å²) in [4.78, 5) is 13.5. The van der Waals surface area contributed by atoms with E-state index in [1.165, 1.54) is 7.11 Å². The number of alkyl halides is 1. The Morgan fingerprint density at radius 1 is 1.44 bits per heavy atom. The Balaban J connectivity index is 1.88. The summed E-state index contributed by atoms with van der Waals surface area (Å²) in [6.45, 7) is 2.27. The zero-order valence-electron chi connectivity index (χ0n) is 9.41. The van der Waals surface area contributed by atoms with Gasteiger partial charge in [0, 0.05) is 26.7 Å². The van der Waals surface area contributed by atoms with E-state index in [0.29, 0.717) is 13.0 Å². The molecular formula is C10H18FN3O2. The van der Waals surface area contributed by atoms with Gasteiger partial charge in [0.05, 0.1) is 12.6 Å². The summed E-state index contributed by atoms with van der Waals surface area (Å²) in [6.07, 6.45) is -1.22. The summed E-state index contributed by atoms with van der Waals surface area (Å²) in [5.74, 6) is -0.0605. The lowest BCUT2D eigenvalue weighted by molar-refractivity contribution is -0.138. The fraction of sp³-hybridized carbons (Fsp3) is 0.900. The van der Waals surface area contributed by atoms with Gasteiger partial charge in [-0.25, -0.2) is 4.39 Å². The molecule has 16 heavy (non-hydrogen) atoms. The molecule has 0 aromatic heterocycles. The van der Waals surface area contributed by atoms with E-state index in [0.717, 1.165) is 13.1 Å². The lowest BCUT2D eigenvalue weighted by atomic mass is 10.1. The van der Waals surface area contributed by atoms with E-state index in [9.17, 15) is 9.18 Å². The van der Waals surface area contributed by atoms with Crippen molar-refractivity contribution in [1.82, 2.24) is 15.5 Å². The van der Waals surface area contributed by atoms with E-state index in [1.807, 2.05) is 0 Å². The van der Waals surface area contributed by atoms with Crippen molar-refractivity contribution in [3.05, 3.63) is 0 Å². The first kappa shape index (κ1) is 11.8. The molecule has 2 saturated heterocycles. The minimum Gasteiger partial charge on any atom is -0.378 e. The van der Waals surface area contributed by atoms with Crippen LogP contribution in [0.1, 0.15) is 6.42 Å². The van der Waals surface area contributed by atoms with Gasteiger partial charge in [-0.15, -0.1) is 0 Å². The minimum absolute atomic E-state index is 0.0605. The van der Waals surface area contributed by atoms with Crippen molar-refractivity contribution >= 4 is 5.91 Å². The summed E-state index contributed by atoms with van der Waals surface area (Å²) in [7, 11) is 1.51. The number of carbonyl (C=O) groups is 1. The Bertz CT molecular complexity index is 258. The van der Waals surface area contributed by atoms with Crippen LogP contribution in [-0.2, 0) is 9.53 Å². The molecule has 0 aromatic carbocycles. The highest BCUT2D eigenvalue weighted by molar-refractivity contribution is 5.82. The number of amides is 1. The van der Waals surface area contributed by atoms with Gasteiger partial charge >= 0.3 is 0 Å². The smallest absolute Gasteiger partial charge is 0.254 e. The quantitative estimate of drug-likeness (QED) is 0.646. The Labute approximate surface area is 94.3 Å².